The Morgan fingerprint density at radius 1 is 0.871 bits per heavy atom. The Balaban J connectivity index is 1.50. The molecule has 162 valence electrons. The highest BCUT2D eigenvalue weighted by molar-refractivity contribution is 6.18. The fraction of sp³-hybridized carbons (Fsp3) is 0.346. The summed E-state index contributed by atoms with van der Waals surface area (Å²) in [5.74, 6) is 2.02. The van der Waals surface area contributed by atoms with Gasteiger partial charge < -0.3 is 14.2 Å². The molecule has 1 heterocycles. The van der Waals surface area contributed by atoms with Gasteiger partial charge in [-0.3, -0.25) is 9.69 Å². The van der Waals surface area contributed by atoms with Crippen molar-refractivity contribution in [1.82, 2.24) is 4.90 Å². The number of piperidine rings is 1. The normalized spacial score (nSPS) is 14.4. The van der Waals surface area contributed by atoms with E-state index in [1.807, 2.05) is 54.6 Å². The van der Waals surface area contributed by atoms with Crippen molar-refractivity contribution in [3.63, 3.8) is 0 Å². The summed E-state index contributed by atoms with van der Waals surface area (Å²) in [5, 5.41) is 1.77. The van der Waals surface area contributed by atoms with Crippen molar-refractivity contribution in [3.05, 3.63) is 65.7 Å². The molecule has 0 aliphatic carbocycles. The molecule has 0 bridgehead atoms. The minimum absolute atomic E-state index is 0.0764. The summed E-state index contributed by atoms with van der Waals surface area (Å²) in [7, 11) is 3.22. The van der Waals surface area contributed by atoms with Gasteiger partial charge in [0.15, 0.2) is 5.78 Å². The number of carbonyl (C=O) groups is 1. The molecule has 0 N–H and O–H groups in total. The summed E-state index contributed by atoms with van der Waals surface area (Å²) >= 11 is 0. The summed E-state index contributed by atoms with van der Waals surface area (Å²) in [4.78, 5) is 15.8. The zero-order valence-electron chi connectivity index (χ0n) is 18.2. The van der Waals surface area contributed by atoms with Gasteiger partial charge in [0.25, 0.3) is 0 Å². The average molecular weight is 420 g/mol. The molecule has 31 heavy (non-hydrogen) atoms. The first-order valence-corrected chi connectivity index (χ1v) is 10.8. The molecule has 1 saturated heterocycles. The molecule has 5 nitrogen and oxygen atoms in total. The lowest BCUT2D eigenvalue weighted by atomic mass is 9.96. The first-order chi connectivity index (χ1) is 15.2. The molecular weight excluding hydrogens is 390 g/mol. The lowest BCUT2D eigenvalue weighted by Crippen LogP contribution is -2.33. The monoisotopic (exact) mass is 419 g/mol. The van der Waals surface area contributed by atoms with Gasteiger partial charge in [-0.1, -0.05) is 12.5 Å². The second-order valence-electron chi connectivity index (χ2n) is 7.83. The number of benzene rings is 3. The third-order valence-corrected chi connectivity index (χ3v) is 5.88. The molecule has 3 aromatic rings. The summed E-state index contributed by atoms with van der Waals surface area (Å²) in [5.41, 5.74) is 1.16. The van der Waals surface area contributed by atoms with Crippen LogP contribution in [0.25, 0.3) is 10.8 Å². The van der Waals surface area contributed by atoms with Crippen molar-refractivity contribution >= 4 is 16.6 Å². The predicted octanol–water partition coefficient (Wildman–Crippen LogP) is 4.95. The number of fused-ring (bicyclic) bond motifs is 1. The number of carbonyl (C=O) groups excluding carboxylic acids is 1. The Morgan fingerprint density at radius 2 is 1.61 bits per heavy atom. The van der Waals surface area contributed by atoms with Gasteiger partial charge in [0.2, 0.25) is 0 Å². The van der Waals surface area contributed by atoms with Crippen molar-refractivity contribution in [2.45, 2.75) is 19.3 Å². The minimum atomic E-state index is -0.0764. The van der Waals surface area contributed by atoms with Crippen molar-refractivity contribution in [3.8, 4) is 17.2 Å². The molecule has 1 aliphatic rings. The Morgan fingerprint density at radius 3 is 2.32 bits per heavy atom. The third-order valence-electron chi connectivity index (χ3n) is 5.88. The lowest BCUT2D eigenvalue weighted by Gasteiger charge is -2.26. The number of nitrogens with zero attached hydrogens (tertiary/aromatic N) is 1. The van der Waals surface area contributed by atoms with Crippen LogP contribution in [0.3, 0.4) is 0 Å². The predicted molar refractivity (Wildman–Crippen MR) is 123 cm³/mol. The molecule has 1 aliphatic heterocycles. The number of ether oxygens (including phenoxy) is 3. The van der Waals surface area contributed by atoms with Crippen LogP contribution in [0.5, 0.6) is 17.2 Å². The van der Waals surface area contributed by atoms with Crippen LogP contribution < -0.4 is 14.2 Å². The summed E-state index contributed by atoms with van der Waals surface area (Å²) < 4.78 is 16.7. The molecule has 3 aromatic carbocycles. The molecule has 0 atom stereocenters. The molecule has 0 aromatic heterocycles. The Labute approximate surface area is 183 Å². The topological polar surface area (TPSA) is 48.0 Å². The summed E-state index contributed by atoms with van der Waals surface area (Å²) in [6, 6.07) is 16.8. The molecule has 0 spiro atoms. The van der Waals surface area contributed by atoms with Crippen LogP contribution in [0.15, 0.2) is 54.6 Å². The van der Waals surface area contributed by atoms with Gasteiger partial charge in [0, 0.05) is 12.1 Å². The van der Waals surface area contributed by atoms with Gasteiger partial charge >= 0.3 is 0 Å². The maximum absolute atomic E-state index is 13.4. The van der Waals surface area contributed by atoms with E-state index >= 15 is 0 Å². The smallest absolute Gasteiger partial charge is 0.197 e. The van der Waals surface area contributed by atoms with Crippen LogP contribution in [0.2, 0.25) is 0 Å². The van der Waals surface area contributed by atoms with E-state index in [0.29, 0.717) is 23.5 Å². The zero-order chi connectivity index (χ0) is 21.6. The third kappa shape index (κ3) is 4.83. The van der Waals surface area contributed by atoms with Crippen molar-refractivity contribution in [2.24, 2.45) is 0 Å². The number of hydrogen-bond acceptors (Lipinski definition) is 5. The van der Waals surface area contributed by atoms with E-state index in [4.69, 9.17) is 14.2 Å². The SMILES string of the molecule is COc1ccc2c(C(=O)c3ccc(OCCN4CCCCC4)cc3)c(OC)ccc2c1. The number of likely N-dealkylation sites (tertiary alicyclic amines) is 1. The van der Waals surface area contributed by atoms with Crippen molar-refractivity contribution in [1.29, 1.82) is 0 Å². The van der Waals surface area contributed by atoms with Crippen molar-refractivity contribution in [2.75, 3.05) is 40.5 Å². The van der Waals surface area contributed by atoms with E-state index in [9.17, 15) is 4.79 Å². The standard InChI is InChI=1S/C26H29NO4/c1-29-22-11-12-23-20(18-22)8-13-24(30-2)25(23)26(28)19-6-9-21(10-7-19)31-17-16-27-14-4-3-5-15-27/h6-13,18H,3-5,14-17H2,1-2H3. The highest BCUT2D eigenvalue weighted by atomic mass is 16.5. The van der Waals surface area contributed by atoms with E-state index in [-0.39, 0.29) is 5.78 Å². The molecular formula is C26H29NO4. The maximum Gasteiger partial charge on any atom is 0.197 e. The van der Waals surface area contributed by atoms with Crippen LogP contribution in [0.1, 0.15) is 35.2 Å². The Kier molecular flexibility index (Phi) is 6.73. The van der Waals surface area contributed by atoms with Gasteiger partial charge in [-0.25, -0.2) is 0 Å². The first kappa shape index (κ1) is 21.2. The molecule has 0 radical (unpaired) electrons. The van der Waals surface area contributed by atoms with Gasteiger partial charge in [-0.2, -0.15) is 0 Å². The number of rotatable bonds is 8. The van der Waals surface area contributed by atoms with Crippen LogP contribution >= 0.6 is 0 Å². The highest BCUT2D eigenvalue weighted by Crippen LogP contribution is 2.32. The van der Waals surface area contributed by atoms with Crippen LogP contribution in [0.4, 0.5) is 0 Å². The molecule has 0 saturated carbocycles. The molecule has 1 fully saturated rings. The Hall–Kier alpha value is -3.05. The lowest BCUT2D eigenvalue weighted by molar-refractivity contribution is 0.103. The van der Waals surface area contributed by atoms with Gasteiger partial charge in [-0.05, 0) is 85.2 Å². The molecule has 4 rings (SSSR count). The van der Waals surface area contributed by atoms with Gasteiger partial charge in [0.1, 0.15) is 23.9 Å². The highest BCUT2D eigenvalue weighted by Gasteiger charge is 2.19. The largest absolute Gasteiger partial charge is 0.497 e. The zero-order valence-corrected chi connectivity index (χ0v) is 18.2. The van der Waals surface area contributed by atoms with E-state index in [0.717, 1.165) is 41.9 Å². The second kappa shape index (κ2) is 9.84. The number of ketones is 1. The van der Waals surface area contributed by atoms with Crippen LogP contribution in [0, 0.1) is 0 Å². The van der Waals surface area contributed by atoms with E-state index in [2.05, 4.69) is 4.90 Å². The molecule has 0 amide bonds. The molecule has 5 heteroatoms. The summed E-state index contributed by atoms with van der Waals surface area (Å²) in [6.07, 6.45) is 3.89. The molecule has 0 unspecified atom stereocenters. The fourth-order valence-corrected chi connectivity index (χ4v) is 4.14. The van der Waals surface area contributed by atoms with Crippen LogP contribution in [-0.2, 0) is 0 Å². The van der Waals surface area contributed by atoms with E-state index < -0.39 is 0 Å². The van der Waals surface area contributed by atoms with Crippen molar-refractivity contribution < 1.29 is 19.0 Å². The number of hydrogen-bond donors (Lipinski definition) is 0. The first-order valence-electron chi connectivity index (χ1n) is 10.8. The van der Waals surface area contributed by atoms with E-state index in [1.165, 1.54) is 19.3 Å². The van der Waals surface area contributed by atoms with Gasteiger partial charge in [0.05, 0.1) is 19.8 Å². The number of methoxy groups -OCH3 is 2. The maximum atomic E-state index is 13.4. The fourth-order valence-electron chi connectivity index (χ4n) is 4.14. The summed E-state index contributed by atoms with van der Waals surface area (Å²) in [6.45, 7) is 3.93. The Bertz CT molecular complexity index is 1040. The van der Waals surface area contributed by atoms with E-state index in [1.54, 1.807) is 14.2 Å². The quantitative estimate of drug-likeness (QED) is 0.484. The minimum Gasteiger partial charge on any atom is -0.497 e. The average Bonchev–Trinajstić information content (AvgIpc) is 2.83. The second-order valence-corrected chi connectivity index (χ2v) is 7.83. The van der Waals surface area contributed by atoms with Crippen LogP contribution in [-0.4, -0.2) is 51.1 Å². The van der Waals surface area contributed by atoms with Gasteiger partial charge in [-0.15, -0.1) is 0 Å².